The highest BCUT2D eigenvalue weighted by Crippen LogP contribution is 2.23. The van der Waals surface area contributed by atoms with Crippen LogP contribution in [0.1, 0.15) is 5.69 Å². The molecule has 0 spiro atoms. The fourth-order valence-corrected chi connectivity index (χ4v) is 1.91. The molecule has 0 bridgehead atoms. The van der Waals surface area contributed by atoms with Gasteiger partial charge in [0.15, 0.2) is 0 Å². The summed E-state index contributed by atoms with van der Waals surface area (Å²) in [5, 5.41) is 0. The smallest absolute Gasteiger partial charge is 0.234 e. The molecular weight excluding hydrogens is 217 g/mol. The van der Waals surface area contributed by atoms with E-state index < -0.39 is 0 Å². The third kappa shape index (κ3) is 1.58. The van der Waals surface area contributed by atoms with E-state index in [4.69, 9.17) is 0 Å². The molecule has 0 saturated heterocycles. The zero-order chi connectivity index (χ0) is 11.8. The molecule has 0 N–H and O–H groups in total. The first-order valence-electron chi connectivity index (χ1n) is 5.31. The molecule has 0 amide bonds. The van der Waals surface area contributed by atoms with Crippen molar-refractivity contribution in [1.29, 1.82) is 0 Å². The average Bonchev–Trinajstić information content (AvgIpc) is 2.68. The number of aromatic nitrogens is 3. The lowest BCUT2D eigenvalue weighted by Gasteiger charge is -1.99. The van der Waals surface area contributed by atoms with Crippen molar-refractivity contribution in [3.63, 3.8) is 0 Å². The van der Waals surface area contributed by atoms with Gasteiger partial charge in [-0.1, -0.05) is 12.1 Å². The maximum absolute atomic E-state index is 13.2. The van der Waals surface area contributed by atoms with Crippen LogP contribution in [-0.4, -0.2) is 14.4 Å². The van der Waals surface area contributed by atoms with Crippen LogP contribution in [0.5, 0.6) is 0 Å². The maximum atomic E-state index is 13.2. The molecule has 0 aliphatic carbocycles. The number of rotatable bonds is 1. The van der Waals surface area contributed by atoms with Crippen molar-refractivity contribution in [3.8, 4) is 11.3 Å². The number of halogens is 1. The molecular formula is C13H10FN3. The quantitative estimate of drug-likeness (QED) is 0.640. The molecule has 3 aromatic rings. The van der Waals surface area contributed by atoms with E-state index in [-0.39, 0.29) is 5.82 Å². The Labute approximate surface area is 97.6 Å². The van der Waals surface area contributed by atoms with Crippen molar-refractivity contribution in [3.05, 3.63) is 54.2 Å². The SMILES string of the molecule is Cc1c(-c2cccc(F)c2)nc2ncccn12. The monoisotopic (exact) mass is 227 g/mol. The molecule has 0 fully saturated rings. The van der Waals surface area contributed by atoms with E-state index in [1.165, 1.54) is 12.1 Å². The molecule has 17 heavy (non-hydrogen) atoms. The first-order valence-corrected chi connectivity index (χ1v) is 5.31. The summed E-state index contributed by atoms with van der Waals surface area (Å²) in [5.41, 5.74) is 2.50. The van der Waals surface area contributed by atoms with Crippen LogP contribution in [0.4, 0.5) is 4.39 Å². The van der Waals surface area contributed by atoms with E-state index in [1.807, 2.05) is 29.7 Å². The predicted molar refractivity (Wildman–Crippen MR) is 63.1 cm³/mol. The van der Waals surface area contributed by atoms with Gasteiger partial charge < -0.3 is 0 Å². The summed E-state index contributed by atoms with van der Waals surface area (Å²) in [6.07, 6.45) is 3.59. The van der Waals surface area contributed by atoms with Gasteiger partial charge >= 0.3 is 0 Å². The summed E-state index contributed by atoms with van der Waals surface area (Å²) in [6.45, 7) is 1.95. The van der Waals surface area contributed by atoms with Crippen LogP contribution in [-0.2, 0) is 0 Å². The molecule has 3 rings (SSSR count). The van der Waals surface area contributed by atoms with Crippen LogP contribution in [0.15, 0.2) is 42.7 Å². The Morgan fingerprint density at radius 2 is 2.12 bits per heavy atom. The largest absolute Gasteiger partial charge is 0.288 e. The van der Waals surface area contributed by atoms with E-state index in [2.05, 4.69) is 9.97 Å². The van der Waals surface area contributed by atoms with Crippen molar-refractivity contribution in [2.45, 2.75) is 6.92 Å². The summed E-state index contributed by atoms with van der Waals surface area (Å²) >= 11 is 0. The molecule has 0 radical (unpaired) electrons. The number of hydrogen-bond donors (Lipinski definition) is 0. The highest BCUT2D eigenvalue weighted by molar-refractivity contribution is 5.65. The first kappa shape index (κ1) is 9.96. The van der Waals surface area contributed by atoms with E-state index in [9.17, 15) is 4.39 Å². The summed E-state index contributed by atoms with van der Waals surface area (Å²) < 4.78 is 15.1. The fourth-order valence-electron chi connectivity index (χ4n) is 1.91. The van der Waals surface area contributed by atoms with Crippen LogP contribution in [0.2, 0.25) is 0 Å². The molecule has 4 heteroatoms. The molecule has 0 atom stereocenters. The summed E-state index contributed by atoms with van der Waals surface area (Å²) in [6, 6.07) is 8.28. The van der Waals surface area contributed by atoms with Gasteiger partial charge in [0.1, 0.15) is 5.82 Å². The van der Waals surface area contributed by atoms with Crippen molar-refractivity contribution in [2.24, 2.45) is 0 Å². The molecule has 2 aromatic heterocycles. The van der Waals surface area contributed by atoms with Gasteiger partial charge in [-0.3, -0.25) is 4.40 Å². The third-order valence-electron chi connectivity index (χ3n) is 2.74. The van der Waals surface area contributed by atoms with E-state index in [0.717, 1.165) is 17.0 Å². The standard InChI is InChI=1S/C13H10FN3/c1-9-12(10-4-2-5-11(14)8-10)16-13-15-6-3-7-17(9)13/h2-8H,1H3. The Morgan fingerprint density at radius 1 is 1.24 bits per heavy atom. The van der Waals surface area contributed by atoms with Crippen LogP contribution in [0.3, 0.4) is 0 Å². The summed E-state index contributed by atoms with van der Waals surface area (Å²) in [4.78, 5) is 8.58. The first-order chi connectivity index (χ1) is 8.25. The van der Waals surface area contributed by atoms with Gasteiger partial charge in [-0.25, -0.2) is 14.4 Å². The normalized spacial score (nSPS) is 10.9. The zero-order valence-electron chi connectivity index (χ0n) is 9.26. The third-order valence-corrected chi connectivity index (χ3v) is 2.74. The Morgan fingerprint density at radius 3 is 2.88 bits per heavy atom. The molecule has 0 unspecified atom stereocenters. The fraction of sp³-hybridized carbons (Fsp3) is 0.0769. The second-order valence-electron chi connectivity index (χ2n) is 3.85. The van der Waals surface area contributed by atoms with E-state index in [1.54, 1.807) is 12.3 Å². The predicted octanol–water partition coefficient (Wildman–Crippen LogP) is 2.84. The summed E-state index contributed by atoms with van der Waals surface area (Å²) in [7, 11) is 0. The number of fused-ring (bicyclic) bond motifs is 1. The second-order valence-corrected chi connectivity index (χ2v) is 3.85. The minimum atomic E-state index is -0.257. The molecule has 0 aliphatic rings. The van der Waals surface area contributed by atoms with Crippen molar-refractivity contribution in [1.82, 2.24) is 14.4 Å². The second kappa shape index (κ2) is 3.66. The highest BCUT2D eigenvalue weighted by Gasteiger charge is 2.10. The molecule has 3 nitrogen and oxygen atoms in total. The minimum Gasteiger partial charge on any atom is -0.288 e. The molecule has 84 valence electrons. The molecule has 0 aliphatic heterocycles. The Hall–Kier alpha value is -2.23. The van der Waals surface area contributed by atoms with Gasteiger partial charge in [-0.2, -0.15) is 0 Å². The van der Waals surface area contributed by atoms with Crippen molar-refractivity contribution >= 4 is 5.78 Å². The maximum Gasteiger partial charge on any atom is 0.234 e. The van der Waals surface area contributed by atoms with Gasteiger partial charge in [0.25, 0.3) is 0 Å². The Kier molecular flexibility index (Phi) is 2.14. The number of hydrogen-bond acceptors (Lipinski definition) is 2. The lowest BCUT2D eigenvalue weighted by Crippen LogP contribution is -1.88. The van der Waals surface area contributed by atoms with Gasteiger partial charge in [0.05, 0.1) is 5.69 Å². The van der Waals surface area contributed by atoms with Crippen LogP contribution < -0.4 is 0 Å². The van der Waals surface area contributed by atoms with E-state index >= 15 is 0 Å². The van der Waals surface area contributed by atoms with Crippen molar-refractivity contribution in [2.75, 3.05) is 0 Å². The zero-order valence-corrected chi connectivity index (χ0v) is 9.26. The van der Waals surface area contributed by atoms with Gasteiger partial charge in [0, 0.05) is 23.7 Å². The van der Waals surface area contributed by atoms with Gasteiger partial charge in [0.2, 0.25) is 5.78 Å². The Balaban J connectivity index is 2.27. The average molecular weight is 227 g/mol. The molecule has 0 saturated carbocycles. The lowest BCUT2D eigenvalue weighted by atomic mass is 10.1. The minimum absolute atomic E-state index is 0.257. The number of nitrogens with zero attached hydrogens (tertiary/aromatic N) is 3. The highest BCUT2D eigenvalue weighted by atomic mass is 19.1. The van der Waals surface area contributed by atoms with Crippen LogP contribution >= 0.6 is 0 Å². The van der Waals surface area contributed by atoms with E-state index in [0.29, 0.717) is 5.78 Å². The topological polar surface area (TPSA) is 30.2 Å². The lowest BCUT2D eigenvalue weighted by molar-refractivity contribution is 0.628. The number of benzene rings is 1. The molecule has 2 heterocycles. The van der Waals surface area contributed by atoms with Crippen LogP contribution in [0.25, 0.3) is 17.0 Å². The molecule has 1 aromatic carbocycles. The number of aryl methyl sites for hydroxylation is 1. The van der Waals surface area contributed by atoms with Gasteiger partial charge in [-0.15, -0.1) is 0 Å². The van der Waals surface area contributed by atoms with Gasteiger partial charge in [-0.05, 0) is 25.1 Å². The van der Waals surface area contributed by atoms with Crippen LogP contribution in [0, 0.1) is 12.7 Å². The summed E-state index contributed by atoms with van der Waals surface area (Å²) in [5.74, 6) is 0.371. The number of imidazole rings is 1. The van der Waals surface area contributed by atoms with Crippen molar-refractivity contribution < 1.29 is 4.39 Å². The Bertz CT molecular complexity index is 688.